The Bertz CT molecular complexity index is 1240. The number of nitriles is 1. The lowest BCUT2D eigenvalue weighted by Gasteiger charge is -2.13. The number of pyridine rings is 1. The third-order valence-electron chi connectivity index (χ3n) is 3.92. The molecule has 2 N–H and O–H groups in total. The number of hydrogen-bond donors (Lipinski definition) is 1. The lowest BCUT2D eigenvalue weighted by Crippen LogP contribution is -2.14. The summed E-state index contributed by atoms with van der Waals surface area (Å²) in [7, 11) is 1.53. The van der Waals surface area contributed by atoms with Gasteiger partial charge in [-0.1, -0.05) is 18.2 Å². The average molecular weight is 349 g/mol. The monoisotopic (exact) mass is 349 g/mol. The summed E-state index contributed by atoms with van der Waals surface area (Å²) in [4.78, 5) is 21.6. The van der Waals surface area contributed by atoms with Crippen molar-refractivity contribution >= 4 is 33.1 Å². The highest BCUT2D eigenvalue weighted by atomic mass is 32.1. The molecule has 0 aliphatic heterocycles. The molecule has 7 nitrogen and oxygen atoms in total. The van der Waals surface area contributed by atoms with Gasteiger partial charge < -0.3 is 10.5 Å². The zero-order chi connectivity index (χ0) is 17.6. The number of para-hydroxylation sites is 1. The quantitative estimate of drug-likeness (QED) is 0.596. The van der Waals surface area contributed by atoms with Crippen LogP contribution in [0.2, 0.25) is 0 Å². The second-order valence-electron chi connectivity index (χ2n) is 5.23. The topological polar surface area (TPSA) is 106 Å². The van der Waals surface area contributed by atoms with E-state index >= 15 is 0 Å². The molecule has 8 heteroatoms. The van der Waals surface area contributed by atoms with Gasteiger partial charge in [0.2, 0.25) is 0 Å². The van der Waals surface area contributed by atoms with E-state index in [1.165, 1.54) is 18.4 Å². The smallest absolute Gasteiger partial charge is 0.284 e. The lowest BCUT2D eigenvalue weighted by molar-refractivity contribution is 0.416. The van der Waals surface area contributed by atoms with Crippen LogP contribution in [0.1, 0.15) is 5.56 Å². The molecule has 0 saturated heterocycles. The van der Waals surface area contributed by atoms with E-state index in [2.05, 4.69) is 16.0 Å². The van der Waals surface area contributed by atoms with Crippen LogP contribution < -0.4 is 16.0 Å². The molecule has 4 rings (SSSR count). The van der Waals surface area contributed by atoms with Gasteiger partial charge in [0.05, 0.1) is 12.5 Å². The van der Waals surface area contributed by atoms with E-state index in [0.717, 1.165) is 0 Å². The molecule has 0 aliphatic carbocycles. The predicted molar refractivity (Wildman–Crippen MR) is 95.8 cm³/mol. The molecule has 122 valence electrons. The Kier molecular flexibility index (Phi) is 3.37. The molecule has 4 aromatic rings. The second kappa shape index (κ2) is 5.58. The minimum atomic E-state index is -0.456. The van der Waals surface area contributed by atoms with E-state index in [4.69, 9.17) is 10.5 Å². The van der Waals surface area contributed by atoms with Crippen molar-refractivity contribution in [2.45, 2.75) is 0 Å². The molecule has 0 atom stereocenters. The number of nitrogens with zero attached hydrogens (tertiary/aromatic N) is 4. The summed E-state index contributed by atoms with van der Waals surface area (Å²) in [5.41, 5.74) is 7.06. The number of methoxy groups -OCH3 is 1. The summed E-state index contributed by atoms with van der Waals surface area (Å²) in [6.45, 7) is 0. The van der Waals surface area contributed by atoms with Gasteiger partial charge in [0, 0.05) is 22.7 Å². The Morgan fingerprint density at radius 3 is 2.88 bits per heavy atom. The number of ether oxygens (including phenoxy) is 1. The van der Waals surface area contributed by atoms with Crippen molar-refractivity contribution in [3.05, 3.63) is 51.8 Å². The van der Waals surface area contributed by atoms with Crippen LogP contribution in [0.3, 0.4) is 0 Å². The third-order valence-corrected chi connectivity index (χ3v) is 4.68. The number of hydrogen-bond acceptors (Lipinski definition) is 7. The molecule has 0 radical (unpaired) electrons. The van der Waals surface area contributed by atoms with Crippen LogP contribution in [0.5, 0.6) is 5.75 Å². The maximum absolute atomic E-state index is 12.7. The van der Waals surface area contributed by atoms with Gasteiger partial charge in [-0.2, -0.15) is 10.2 Å². The van der Waals surface area contributed by atoms with Crippen LogP contribution in [0.15, 0.2) is 40.6 Å². The largest absolute Gasteiger partial charge is 0.496 e. The Morgan fingerprint density at radius 2 is 2.12 bits per heavy atom. The maximum atomic E-state index is 12.7. The van der Waals surface area contributed by atoms with Gasteiger partial charge in [0.1, 0.15) is 23.2 Å². The van der Waals surface area contributed by atoms with Crippen LogP contribution in [0.4, 0.5) is 5.82 Å². The fourth-order valence-corrected chi connectivity index (χ4v) is 3.56. The van der Waals surface area contributed by atoms with E-state index in [1.54, 1.807) is 34.2 Å². The molecule has 0 aliphatic rings. The van der Waals surface area contributed by atoms with Crippen LogP contribution in [0, 0.1) is 11.3 Å². The molecular weight excluding hydrogens is 338 g/mol. The number of aromatic nitrogens is 3. The molecular formula is C17H11N5O2S. The minimum Gasteiger partial charge on any atom is -0.496 e. The SMILES string of the molecule is COc1ccccc1-c1c(C#N)c(N)nc2c1c(=O)nc1sccn12. The number of nitrogen functional groups attached to an aromatic ring is 1. The van der Waals surface area contributed by atoms with E-state index in [0.29, 0.717) is 27.5 Å². The number of benzene rings is 1. The van der Waals surface area contributed by atoms with Crippen LogP contribution in [-0.4, -0.2) is 21.5 Å². The molecule has 0 fully saturated rings. The highest BCUT2D eigenvalue weighted by Crippen LogP contribution is 2.37. The average Bonchev–Trinajstić information content (AvgIpc) is 3.09. The van der Waals surface area contributed by atoms with Crippen molar-refractivity contribution in [3.8, 4) is 22.9 Å². The van der Waals surface area contributed by atoms with Crippen molar-refractivity contribution in [1.82, 2.24) is 14.4 Å². The molecule has 3 heterocycles. The van der Waals surface area contributed by atoms with E-state index < -0.39 is 5.56 Å². The molecule has 0 amide bonds. The van der Waals surface area contributed by atoms with Gasteiger partial charge in [-0.25, -0.2) is 4.98 Å². The minimum absolute atomic E-state index is 0.0570. The molecule has 0 saturated carbocycles. The van der Waals surface area contributed by atoms with Crippen molar-refractivity contribution in [1.29, 1.82) is 5.26 Å². The molecule has 25 heavy (non-hydrogen) atoms. The first-order chi connectivity index (χ1) is 12.2. The number of thiazole rings is 1. The standard InChI is InChI=1S/C17H11N5O2S/c1-24-11-5-3-2-4-9(11)12-10(8-18)14(19)20-15-13(12)16(23)21-17-22(15)6-7-25-17/h2-7H,1H3,(H2,19,20). The highest BCUT2D eigenvalue weighted by molar-refractivity contribution is 7.15. The van der Waals surface area contributed by atoms with E-state index in [1.807, 2.05) is 6.07 Å². The van der Waals surface area contributed by atoms with Gasteiger partial charge in [-0.05, 0) is 6.07 Å². The number of nitrogens with two attached hydrogens (primary N) is 1. The number of anilines is 1. The zero-order valence-electron chi connectivity index (χ0n) is 13.1. The molecule has 0 unspecified atom stereocenters. The fourth-order valence-electron chi connectivity index (χ4n) is 2.86. The third kappa shape index (κ3) is 2.14. The van der Waals surface area contributed by atoms with E-state index in [9.17, 15) is 10.1 Å². The second-order valence-corrected chi connectivity index (χ2v) is 6.10. The molecule has 3 aromatic heterocycles. The molecule has 0 bridgehead atoms. The van der Waals surface area contributed by atoms with Crippen molar-refractivity contribution in [2.75, 3.05) is 12.8 Å². The molecule has 1 aromatic carbocycles. The lowest BCUT2D eigenvalue weighted by atomic mass is 9.97. The number of fused-ring (bicyclic) bond motifs is 3. The van der Waals surface area contributed by atoms with Crippen LogP contribution in [-0.2, 0) is 0 Å². The van der Waals surface area contributed by atoms with E-state index in [-0.39, 0.29) is 16.8 Å². The van der Waals surface area contributed by atoms with Gasteiger partial charge >= 0.3 is 0 Å². The van der Waals surface area contributed by atoms with Crippen molar-refractivity contribution in [3.63, 3.8) is 0 Å². The normalized spacial score (nSPS) is 10.9. The molecule has 0 spiro atoms. The first kappa shape index (κ1) is 15.1. The summed E-state index contributed by atoms with van der Waals surface area (Å²) >= 11 is 1.32. The summed E-state index contributed by atoms with van der Waals surface area (Å²) in [6.07, 6.45) is 1.76. The summed E-state index contributed by atoms with van der Waals surface area (Å²) in [5.74, 6) is 0.585. The van der Waals surface area contributed by atoms with Gasteiger partial charge in [0.15, 0.2) is 10.6 Å². The Hall–Kier alpha value is -3.44. The maximum Gasteiger partial charge on any atom is 0.284 e. The van der Waals surface area contributed by atoms with Crippen LogP contribution in [0.25, 0.3) is 27.1 Å². The van der Waals surface area contributed by atoms with Gasteiger partial charge in [-0.15, -0.1) is 11.3 Å². The first-order valence-corrected chi connectivity index (χ1v) is 8.16. The first-order valence-electron chi connectivity index (χ1n) is 7.28. The Balaban J connectivity index is 2.30. The predicted octanol–water partition coefficient (Wildman–Crippen LogP) is 2.43. The summed E-state index contributed by atoms with van der Waals surface area (Å²) in [5, 5.41) is 11.7. The fraction of sp³-hybridized carbons (Fsp3) is 0.0588. The summed E-state index contributed by atoms with van der Waals surface area (Å²) < 4.78 is 7.09. The highest BCUT2D eigenvalue weighted by Gasteiger charge is 2.22. The van der Waals surface area contributed by atoms with Crippen molar-refractivity contribution in [2.24, 2.45) is 0 Å². The van der Waals surface area contributed by atoms with Gasteiger partial charge in [-0.3, -0.25) is 9.20 Å². The Morgan fingerprint density at radius 1 is 1.32 bits per heavy atom. The van der Waals surface area contributed by atoms with Gasteiger partial charge in [0.25, 0.3) is 5.56 Å². The van der Waals surface area contributed by atoms with Crippen LogP contribution >= 0.6 is 11.3 Å². The summed E-state index contributed by atoms with van der Waals surface area (Å²) in [6, 6.07) is 9.20. The Labute approximate surface area is 145 Å². The zero-order valence-corrected chi connectivity index (χ0v) is 13.9. The number of rotatable bonds is 2. The van der Waals surface area contributed by atoms with Crippen molar-refractivity contribution < 1.29 is 4.74 Å².